The van der Waals surface area contributed by atoms with Crippen molar-refractivity contribution in [3.63, 3.8) is 0 Å². The first-order valence-electron chi connectivity index (χ1n) is 6.78. The highest BCUT2D eigenvalue weighted by Gasteiger charge is 2.46. The second-order valence-corrected chi connectivity index (χ2v) is 5.33. The molecule has 0 aliphatic carbocycles. The quantitative estimate of drug-likeness (QED) is 0.676. The predicted octanol–water partition coefficient (Wildman–Crippen LogP) is 3.67. The molecule has 1 N–H and O–H groups in total. The second kappa shape index (κ2) is 6.77. The summed E-state index contributed by atoms with van der Waals surface area (Å²) >= 11 is 5.90. The number of ether oxygens (including phenoxy) is 1. The summed E-state index contributed by atoms with van der Waals surface area (Å²) in [6.07, 6.45) is 1.53. The molecule has 22 heavy (non-hydrogen) atoms. The van der Waals surface area contributed by atoms with Gasteiger partial charge in [-0.2, -0.15) is 0 Å². The Morgan fingerprint density at radius 3 is 2.32 bits per heavy atom. The minimum absolute atomic E-state index is 0.446. The van der Waals surface area contributed by atoms with Crippen LogP contribution in [-0.2, 0) is 15.1 Å². The minimum atomic E-state index is -1.86. The van der Waals surface area contributed by atoms with E-state index >= 15 is 0 Å². The summed E-state index contributed by atoms with van der Waals surface area (Å²) in [4.78, 5) is 12.3. The topological polar surface area (TPSA) is 46.5 Å². The number of halogens is 1. The second-order valence-electron chi connectivity index (χ2n) is 4.89. The zero-order chi connectivity index (χ0) is 16.2. The predicted molar refractivity (Wildman–Crippen MR) is 86.7 cm³/mol. The van der Waals surface area contributed by atoms with Crippen LogP contribution in [0.2, 0.25) is 5.02 Å². The molecule has 2 aromatic rings. The van der Waals surface area contributed by atoms with Crippen molar-refractivity contribution in [3.05, 3.63) is 83.4 Å². The lowest BCUT2D eigenvalue weighted by Gasteiger charge is -2.32. The van der Waals surface area contributed by atoms with E-state index in [1.807, 2.05) is 6.07 Å². The van der Waals surface area contributed by atoms with Crippen LogP contribution in [0.15, 0.2) is 67.3 Å². The zero-order valence-corrected chi connectivity index (χ0v) is 13.0. The third-order valence-electron chi connectivity index (χ3n) is 3.63. The number of hydrogen-bond donors (Lipinski definition) is 1. The van der Waals surface area contributed by atoms with Crippen molar-refractivity contribution in [1.82, 2.24) is 0 Å². The number of esters is 1. The van der Waals surface area contributed by atoms with Crippen molar-refractivity contribution in [1.29, 1.82) is 0 Å². The molecule has 2 rings (SSSR count). The molecule has 2 aromatic carbocycles. The lowest BCUT2D eigenvalue weighted by atomic mass is 9.77. The van der Waals surface area contributed by atoms with Gasteiger partial charge in [0.25, 0.3) is 0 Å². The van der Waals surface area contributed by atoms with Gasteiger partial charge in [0.2, 0.25) is 0 Å². The Labute approximate surface area is 134 Å². The highest BCUT2D eigenvalue weighted by atomic mass is 35.5. The van der Waals surface area contributed by atoms with Crippen LogP contribution in [0.4, 0.5) is 0 Å². The number of carbonyl (C=O) groups is 1. The molecule has 0 heterocycles. The maximum Gasteiger partial charge on any atom is 0.343 e. The molecule has 3 nitrogen and oxygen atoms in total. The van der Waals surface area contributed by atoms with E-state index in [-0.39, 0.29) is 0 Å². The monoisotopic (exact) mass is 316 g/mol. The molecule has 0 spiro atoms. The highest BCUT2D eigenvalue weighted by Crippen LogP contribution is 2.39. The fraction of sp³-hybridized carbons (Fsp3) is 0.167. The van der Waals surface area contributed by atoms with Crippen LogP contribution in [0.5, 0.6) is 0 Å². The van der Waals surface area contributed by atoms with Gasteiger partial charge < -0.3 is 9.84 Å². The van der Waals surface area contributed by atoms with Crippen LogP contribution >= 0.6 is 11.6 Å². The fourth-order valence-corrected chi connectivity index (χ4v) is 2.62. The lowest BCUT2D eigenvalue weighted by molar-refractivity contribution is -0.165. The van der Waals surface area contributed by atoms with Crippen molar-refractivity contribution in [2.24, 2.45) is 0 Å². The number of methoxy groups -OCH3 is 1. The molecule has 0 bridgehead atoms. The van der Waals surface area contributed by atoms with Crippen LogP contribution in [0.25, 0.3) is 0 Å². The van der Waals surface area contributed by atoms with Crippen molar-refractivity contribution in [3.8, 4) is 0 Å². The van der Waals surface area contributed by atoms with Gasteiger partial charge in [-0.05, 0) is 23.3 Å². The van der Waals surface area contributed by atoms with E-state index in [9.17, 15) is 9.90 Å². The van der Waals surface area contributed by atoms with Crippen molar-refractivity contribution >= 4 is 17.6 Å². The van der Waals surface area contributed by atoms with Gasteiger partial charge in [0.1, 0.15) is 0 Å². The first kappa shape index (κ1) is 16.3. The van der Waals surface area contributed by atoms with Gasteiger partial charge in [-0.25, -0.2) is 4.79 Å². The number of hydrogen-bond acceptors (Lipinski definition) is 3. The summed E-state index contributed by atoms with van der Waals surface area (Å²) in [6, 6.07) is 15.6. The average molecular weight is 317 g/mol. The number of rotatable bonds is 5. The fourth-order valence-electron chi connectivity index (χ4n) is 2.49. The molecule has 0 saturated carbocycles. The normalized spacial score (nSPS) is 14.7. The van der Waals surface area contributed by atoms with Crippen molar-refractivity contribution < 1.29 is 14.6 Å². The number of benzene rings is 2. The van der Waals surface area contributed by atoms with Crippen LogP contribution in [0.1, 0.15) is 17.0 Å². The highest BCUT2D eigenvalue weighted by molar-refractivity contribution is 6.30. The van der Waals surface area contributed by atoms with Gasteiger partial charge in [0, 0.05) is 10.9 Å². The summed E-state index contributed by atoms with van der Waals surface area (Å²) in [6.45, 7) is 3.77. The summed E-state index contributed by atoms with van der Waals surface area (Å²) in [5, 5.41) is 11.7. The van der Waals surface area contributed by atoms with Gasteiger partial charge in [-0.15, -0.1) is 6.58 Å². The van der Waals surface area contributed by atoms with Gasteiger partial charge >= 0.3 is 5.97 Å². The molecule has 0 aromatic heterocycles. The molecule has 0 aliphatic heterocycles. The molecule has 0 radical (unpaired) electrons. The lowest BCUT2D eigenvalue weighted by Crippen LogP contribution is -2.42. The average Bonchev–Trinajstić information content (AvgIpc) is 2.57. The Balaban J connectivity index is 2.59. The number of carbonyl (C=O) groups excluding carboxylic acids is 1. The smallest absolute Gasteiger partial charge is 0.343 e. The van der Waals surface area contributed by atoms with Gasteiger partial charge in [0.05, 0.1) is 7.11 Å². The maximum atomic E-state index is 12.3. The third kappa shape index (κ3) is 2.91. The van der Waals surface area contributed by atoms with Crippen LogP contribution in [0, 0.1) is 0 Å². The standard InChI is InChI=1S/C18H17ClO3/c1-3-16(13-9-11-15(19)12-10-13)18(21,17(20)22-2)14-7-5-4-6-8-14/h3-12,16,21H,1H2,2H3. The molecular weight excluding hydrogens is 300 g/mol. The molecule has 0 saturated heterocycles. The first-order valence-corrected chi connectivity index (χ1v) is 7.16. The Bertz CT molecular complexity index is 652. The molecule has 2 atom stereocenters. The van der Waals surface area contributed by atoms with E-state index in [0.29, 0.717) is 10.6 Å². The minimum Gasteiger partial charge on any atom is -0.467 e. The van der Waals surface area contributed by atoms with Crippen LogP contribution in [-0.4, -0.2) is 18.2 Å². The van der Waals surface area contributed by atoms with Crippen LogP contribution < -0.4 is 0 Å². The van der Waals surface area contributed by atoms with E-state index < -0.39 is 17.5 Å². The Kier molecular flexibility index (Phi) is 5.01. The van der Waals surface area contributed by atoms with E-state index in [1.54, 1.807) is 48.5 Å². The zero-order valence-electron chi connectivity index (χ0n) is 12.2. The Morgan fingerprint density at radius 2 is 1.82 bits per heavy atom. The molecular formula is C18H17ClO3. The van der Waals surface area contributed by atoms with E-state index in [0.717, 1.165) is 5.56 Å². The summed E-state index contributed by atoms with van der Waals surface area (Å²) in [5.41, 5.74) is -0.691. The van der Waals surface area contributed by atoms with E-state index in [2.05, 4.69) is 6.58 Å². The van der Waals surface area contributed by atoms with E-state index in [1.165, 1.54) is 13.2 Å². The molecule has 114 valence electrons. The molecule has 0 amide bonds. The Morgan fingerprint density at radius 1 is 1.23 bits per heavy atom. The molecule has 2 unspecified atom stereocenters. The third-order valence-corrected chi connectivity index (χ3v) is 3.88. The van der Waals surface area contributed by atoms with Gasteiger partial charge in [0.15, 0.2) is 5.60 Å². The van der Waals surface area contributed by atoms with Gasteiger partial charge in [-0.1, -0.05) is 60.1 Å². The van der Waals surface area contributed by atoms with Crippen molar-refractivity contribution in [2.45, 2.75) is 11.5 Å². The van der Waals surface area contributed by atoms with Crippen LogP contribution in [0.3, 0.4) is 0 Å². The Hall–Kier alpha value is -2.10. The molecule has 4 heteroatoms. The summed E-state index contributed by atoms with van der Waals surface area (Å²) < 4.78 is 4.84. The van der Waals surface area contributed by atoms with Gasteiger partial charge in [-0.3, -0.25) is 0 Å². The maximum absolute atomic E-state index is 12.3. The van der Waals surface area contributed by atoms with Crippen molar-refractivity contribution in [2.75, 3.05) is 7.11 Å². The van der Waals surface area contributed by atoms with E-state index in [4.69, 9.17) is 16.3 Å². The summed E-state index contributed by atoms with van der Waals surface area (Å²) in [5.74, 6) is -1.40. The summed E-state index contributed by atoms with van der Waals surface area (Å²) in [7, 11) is 1.25. The molecule has 0 fully saturated rings. The number of aliphatic hydroxyl groups is 1. The first-order chi connectivity index (χ1) is 10.5. The SMILES string of the molecule is C=CC(c1ccc(Cl)cc1)C(O)(C(=O)OC)c1ccccc1. The largest absolute Gasteiger partial charge is 0.467 e. The molecule has 0 aliphatic rings.